The Labute approximate surface area is 114 Å². The smallest absolute Gasteiger partial charge is 0.271 e. The third-order valence-electron chi connectivity index (χ3n) is 2.77. The number of amides is 1. The fraction of sp³-hybridized carbons (Fsp3) is 0.0714. The van der Waals surface area contributed by atoms with E-state index in [1.807, 2.05) is 30.3 Å². The molecule has 1 N–H and O–H groups in total. The molecule has 5 heteroatoms. The largest absolute Gasteiger partial charge is 0.347 e. The monoisotopic (exact) mass is 269 g/mol. The lowest BCUT2D eigenvalue weighted by molar-refractivity contribution is 0.0946. The number of carbonyl (C=O) groups is 1. The highest BCUT2D eigenvalue weighted by Crippen LogP contribution is 2.12. The Hall–Kier alpha value is -2.27. The van der Waals surface area contributed by atoms with Gasteiger partial charge in [0.25, 0.3) is 5.91 Å². The number of benzene rings is 1. The maximum absolute atomic E-state index is 11.8. The highest BCUT2D eigenvalue weighted by molar-refractivity contribution is 7.07. The second-order valence-electron chi connectivity index (χ2n) is 4.09. The molecular weight excluding hydrogens is 258 g/mol. The summed E-state index contributed by atoms with van der Waals surface area (Å²) in [5, 5.41) is 5.63. The van der Waals surface area contributed by atoms with Gasteiger partial charge in [0.1, 0.15) is 5.69 Å². The van der Waals surface area contributed by atoms with Crippen molar-refractivity contribution in [3.8, 4) is 0 Å². The highest BCUT2D eigenvalue weighted by Gasteiger charge is 2.07. The lowest BCUT2D eigenvalue weighted by Crippen LogP contribution is -2.23. The van der Waals surface area contributed by atoms with Gasteiger partial charge >= 0.3 is 0 Å². The second kappa shape index (κ2) is 5.16. The molecule has 4 nitrogen and oxygen atoms in total. The number of para-hydroxylation sites is 1. The van der Waals surface area contributed by atoms with E-state index in [0.29, 0.717) is 12.2 Å². The predicted molar refractivity (Wildman–Crippen MR) is 75.0 cm³/mol. The minimum Gasteiger partial charge on any atom is -0.347 e. The molecule has 3 rings (SSSR count). The molecule has 0 spiro atoms. The molecule has 0 aliphatic rings. The van der Waals surface area contributed by atoms with Crippen LogP contribution in [-0.4, -0.2) is 15.9 Å². The number of nitrogens with one attached hydrogen (secondary N) is 1. The summed E-state index contributed by atoms with van der Waals surface area (Å²) in [6.45, 7) is 0.453. The van der Waals surface area contributed by atoms with Crippen LogP contribution in [0.1, 0.15) is 16.1 Å². The van der Waals surface area contributed by atoms with Crippen molar-refractivity contribution in [3.63, 3.8) is 0 Å². The summed E-state index contributed by atoms with van der Waals surface area (Å²) in [4.78, 5) is 20.1. The van der Waals surface area contributed by atoms with Crippen molar-refractivity contribution in [2.75, 3.05) is 0 Å². The van der Waals surface area contributed by atoms with Gasteiger partial charge in [0.05, 0.1) is 11.0 Å². The van der Waals surface area contributed by atoms with Crippen molar-refractivity contribution in [2.24, 2.45) is 0 Å². The number of rotatable bonds is 3. The number of fused-ring (bicyclic) bond motifs is 1. The van der Waals surface area contributed by atoms with Crippen LogP contribution in [0.2, 0.25) is 0 Å². The van der Waals surface area contributed by atoms with Gasteiger partial charge in [0, 0.05) is 23.5 Å². The first kappa shape index (κ1) is 11.8. The van der Waals surface area contributed by atoms with Crippen LogP contribution in [0.15, 0.2) is 47.4 Å². The van der Waals surface area contributed by atoms with Gasteiger partial charge in [0.2, 0.25) is 0 Å². The van der Waals surface area contributed by atoms with Crippen molar-refractivity contribution < 1.29 is 4.79 Å². The third-order valence-corrected chi connectivity index (χ3v) is 3.35. The van der Waals surface area contributed by atoms with E-state index in [2.05, 4.69) is 15.3 Å². The normalized spacial score (nSPS) is 10.5. The lowest BCUT2D eigenvalue weighted by Gasteiger charge is -2.04. The number of hydrogen-bond donors (Lipinski definition) is 1. The third kappa shape index (κ3) is 2.61. The zero-order chi connectivity index (χ0) is 13.1. The molecule has 0 radical (unpaired) electrons. The topological polar surface area (TPSA) is 54.9 Å². The molecule has 0 aliphatic heterocycles. The molecule has 2 heterocycles. The van der Waals surface area contributed by atoms with Gasteiger partial charge in [0.15, 0.2) is 0 Å². The van der Waals surface area contributed by atoms with Crippen molar-refractivity contribution in [1.29, 1.82) is 0 Å². The van der Waals surface area contributed by atoms with Crippen molar-refractivity contribution in [2.45, 2.75) is 6.54 Å². The van der Waals surface area contributed by atoms with Gasteiger partial charge in [-0.25, -0.2) is 4.98 Å². The molecule has 0 atom stereocenters. The molecule has 19 heavy (non-hydrogen) atoms. The number of nitrogens with zero attached hydrogens (tertiary/aromatic N) is 2. The van der Waals surface area contributed by atoms with Gasteiger partial charge in [-0.2, -0.15) is 0 Å². The summed E-state index contributed by atoms with van der Waals surface area (Å²) in [5.41, 5.74) is 4.03. The number of aromatic nitrogens is 2. The van der Waals surface area contributed by atoms with E-state index < -0.39 is 0 Å². The van der Waals surface area contributed by atoms with E-state index in [-0.39, 0.29) is 5.91 Å². The van der Waals surface area contributed by atoms with Gasteiger partial charge in [-0.1, -0.05) is 18.2 Å². The maximum atomic E-state index is 11.8. The first-order chi connectivity index (χ1) is 9.33. The van der Waals surface area contributed by atoms with Crippen LogP contribution in [0.25, 0.3) is 10.9 Å². The predicted octanol–water partition coefficient (Wildman–Crippen LogP) is 2.62. The van der Waals surface area contributed by atoms with E-state index in [4.69, 9.17) is 0 Å². The Kier molecular flexibility index (Phi) is 3.20. The summed E-state index contributed by atoms with van der Waals surface area (Å²) in [7, 11) is 0. The second-order valence-corrected chi connectivity index (χ2v) is 4.81. The van der Waals surface area contributed by atoms with E-state index in [9.17, 15) is 4.79 Å². The highest BCUT2D eigenvalue weighted by atomic mass is 32.1. The molecule has 0 saturated carbocycles. The Balaban J connectivity index is 1.73. The molecular formula is C14H11N3OS. The zero-order valence-electron chi connectivity index (χ0n) is 10.0. The fourth-order valence-electron chi connectivity index (χ4n) is 1.81. The molecule has 1 amide bonds. The first-order valence-corrected chi connectivity index (χ1v) is 6.77. The maximum Gasteiger partial charge on any atom is 0.271 e. The van der Waals surface area contributed by atoms with Gasteiger partial charge in [-0.05, 0) is 17.7 Å². The number of pyridine rings is 1. The molecule has 0 saturated heterocycles. The molecule has 3 aromatic rings. The SMILES string of the molecule is O=C(NCc1cnc2ccccc2c1)c1cscn1. The molecule has 0 aliphatic carbocycles. The van der Waals surface area contributed by atoms with Crippen LogP contribution in [0.5, 0.6) is 0 Å². The molecule has 2 aromatic heterocycles. The van der Waals surface area contributed by atoms with Crippen LogP contribution in [0.4, 0.5) is 0 Å². The Morgan fingerprint density at radius 1 is 1.26 bits per heavy atom. The summed E-state index contributed by atoms with van der Waals surface area (Å²) in [6.07, 6.45) is 1.78. The average molecular weight is 269 g/mol. The van der Waals surface area contributed by atoms with Crippen LogP contribution < -0.4 is 5.32 Å². The molecule has 1 aromatic carbocycles. The standard InChI is InChI=1S/C14H11N3OS/c18-14(13-8-19-9-17-13)16-7-10-5-11-3-1-2-4-12(11)15-6-10/h1-6,8-9H,7H2,(H,16,18). The fourth-order valence-corrected chi connectivity index (χ4v) is 2.34. The van der Waals surface area contributed by atoms with Crippen molar-refractivity contribution in [1.82, 2.24) is 15.3 Å². The number of thiazole rings is 1. The summed E-state index contributed by atoms with van der Waals surface area (Å²) in [5.74, 6) is -0.158. The number of carbonyl (C=O) groups excluding carboxylic acids is 1. The molecule has 0 unspecified atom stereocenters. The minimum absolute atomic E-state index is 0.158. The summed E-state index contributed by atoms with van der Waals surface area (Å²) < 4.78 is 0. The van der Waals surface area contributed by atoms with E-state index in [0.717, 1.165) is 16.5 Å². The summed E-state index contributed by atoms with van der Waals surface area (Å²) >= 11 is 1.41. The molecule has 0 fully saturated rings. The Bertz CT molecular complexity index is 710. The van der Waals surface area contributed by atoms with Gasteiger partial charge in [-0.15, -0.1) is 11.3 Å². The van der Waals surface area contributed by atoms with Crippen LogP contribution in [-0.2, 0) is 6.54 Å². The lowest BCUT2D eigenvalue weighted by atomic mass is 10.1. The molecule has 94 valence electrons. The van der Waals surface area contributed by atoms with Crippen molar-refractivity contribution >= 4 is 28.1 Å². The van der Waals surface area contributed by atoms with Gasteiger partial charge in [-0.3, -0.25) is 9.78 Å². The molecule has 0 bridgehead atoms. The average Bonchev–Trinajstić information content (AvgIpc) is 2.99. The quantitative estimate of drug-likeness (QED) is 0.795. The Morgan fingerprint density at radius 2 is 2.16 bits per heavy atom. The van der Waals surface area contributed by atoms with E-state index in [1.54, 1.807) is 17.1 Å². The summed E-state index contributed by atoms with van der Waals surface area (Å²) in [6, 6.07) is 9.94. The Morgan fingerprint density at radius 3 is 3.00 bits per heavy atom. The van der Waals surface area contributed by atoms with E-state index in [1.165, 1.54) is 11.3 Å². The van der Waals surface area contributed by atoms with Crippen molar-refractivity contribution in [3.05, 3.63) is 58.7 Å². The van der Waals surface area contributed by atoms with Gasteiger partial charge < -0.3 is 5.32 Å². The first-order valence-electron chi connectivity index (χ1n) is 5.83. The van der Waals surface area contributed by atoms with E-state index >= 15 is 0 Å². The van der Waals surface area contributed by atoms with Crippen LogP contribution in [0.3, 0.4) is 0 Å². The van der Waals surface area contributed by atoms with Crippen LogP contribution in [0, 0.1) is 0 Å². The zero-order valence-corrected chi connectivity index (χ0v) is 10.9. The number of hydrogen-bond acceptors (Lipinski definition) is 4. The van der Waals surface area contributed by atoms with Crippen LogP contribution >= 0.6 is 11.3 Å². The minimum atomic E-state index is -0.158.